The van der Waals surface area contributed by atoms with Gasteiger partial charge in [-0.15, -0.1) is 0 Å². The highest BCUT2D eigenvalue weighted by atomic mass is 16.3. The Labute approximate surface area is 322 Å². The Morgan fingerprint density at radius 1 is 0.357 bits per heavy atom. The van der Waals surface area contributed by atoms with Crippen LogP contribution in [0.15, 0.2) is 199 Å². The van der Waals surface area contributed by atoms with E-state index in [-0.39, 0.29) is 0 Å². The first-order chi connectivity index (χ1) is 27.8. The molecule has 0 atom stereocenters. The molecule has 0 radical (unpaired) electrons. The van der Waals surface area contributed by atoms with Crippen molar-refractivity contribution in [2.75, 3.05) is 0 Å². The van der Waals surface area contributed by atoms with Gasteiger partial charge in [-0.05, 0) is 58.7 Å². The van der Waals surface area contributed by atoms with Gasteiger partial charge in [0.25, 0.3) is 0 Å². The third-order valence-corrected chi connectivity index (χ3v) is 10.6. The molecule has 0 N–H and O–H groups in total. The first-order valence-electron chi connectivity index (χ1n) is 18.8. The van der Waals surface area contributed by atoms with E-state index >= 15 is 0 Å². The van der Waals surface area contributed by atoms with Crippen LogP contribution < -0.4 is 0 Å². The van der Waals surface area contributed by atoms with E-state index in [2.05, 4.69) is 132 Å². The average Bonchev–Trinajstić information content (AvgIpc) is 3.83. The number of aromatic nitrogens is 4. The van der Waals surface area contributed by atoms with Crippen LogP contribution in [0.25, 0.3) is 106 Å². The van der Waals surface area contributed by atoms with E-state index in [1.54, 1.807) is 0 Å². The number of fused-ring (bicyclic) bond motifs is 6. The summed E-state index contributed by atoms with van der Waals surface area (Å²) < 4.78 is 9.40. The molecule has 11 aromatic rings. The van der Waals surface area contributed by atoms with E-state index < -0.39 is 0 Å². The standard InChI is InChI=1S/C51H32N4O/c1-4-16-33(17-5-1)36-22-14-23-37(30-36)38-31-42(51-53-49(34-18-6-2-7-19-34)52-50(54-51)35-20-8-3-9-21-35)47-41-26-15-29-45(48(41)56-46(47)32-38)55-43-27-12-10-24-39(43)40-25-11-13-28-44(40)55/h1-32H. The summed E-state index contributed by atoms with van der Waals surface area (Å²) >= 11 is 0. The van der Waals surface area contributed by atoms with E-state index in [0.717, 1.165) is 77.6 Å². The summed E-state index contributed by atoms with van der Waals surface area (Å²) in [5, 5.41) is 4.34. The lowest BCUT2D eigenvalue weighted by Gasteiger charge is -2.12. The van der Waals surface area contributed by atoms with Gasteiger partial charge in [0.1, 0.15) is 5.58 Å². The molecule has 3 aromatic heterocycles. The summed E-state index contributed by atoms with van der Waals surface area (Å²) in [4.78, 5) is 15.5. The number of benzene rings is 8. The summed E-state index contributed by atoms with van der Waals surface area (Å²) in [6.45, 7) is 0. The minimum Gasteiger partial charge on any atom is -0.454 e. The lowest BCUT2D eigenvalue weighted by molar-refractivity contribution is 0.666. The van der Waals surface area contributed by atoms with Crippen LogP contribution in [-0.4, -0.2) is 19.5 Å². The smallest absolute Gasteiger partial charge is 0.164 e. The van der Waals surface area contributed by atoms with Crippen LogP contribution in [0.2, 0.25) is 0 Å². The van der Waals surface area contributed by atoms with Gasteiger partial charge in [-0.3, -0.25) is 0 Å². The second-order valence-electron chi connectivity index (χ2n) is 14.0. The second-order valence-corrected chi connectivity index (χ2v) is 14.0. The fourth-order valence-corrected chi connectivity index (χ4v) is 8.05. The van der Waals surface area contributed by atoms with Crippen molar-refractivity contribution in [1.29, 1.82) is 0 Å². The molecule has 0 amide bonds. The highest BCUT2D eigenvalue weighted by molar-refractivity contribution is 6.16. The third kappa shape index (κ3) is 5.29. The van der Waals surface area contributed by atoms with Gasteiger partial charge < -0.3 is 8.98 Å². The van der Waals surface area contributed by atoms with Gasteiger partial charge in [0.05, 0.1) is 16.7 Å². The van der Waals surface area contributed by atoms with Crippen LogP contribution in [-0.2, 0) is 0 Å². The molecule has 5 nitrogen and oxygen atoms in total. The van der Waals surface area contributed by atoms with Gasteiger partial charge in [-0.25, -0.2) is 15.0 Å². The predicted molar refractivity (Wildman–Crippen MR) is 229 cm³/mol. The summed E-state index contributed by atoms with van der Waals surface area (Å²) in [7, 11) is 0. The molecule has 0 spiro atoms. The van der Waals surface area contributed by atoms with Crippen molar-refractivity contribution in [3.63, 3.8) is 0 Å². The summed E-state index contributed by atoms with van der Waals surface area (Å²) in [6, 6.07) is 67.3. The first-order valence-corrected chi connectivity index (χ1v) is 18.8. The Kier molecular flexibility index (Phi) is 7.42. The third-order valence-electron chi connectivity index (χ3n) is 10.6. The molecular formula is C51H32N4O. The van der Waals surface area contributed by atoms with E-state index in [1.165, 1.54) is 10.8 Å². The van der Waals surface area contributed by atoms with E-state index in [4.69, 9.17) is 19.4 Å². The zero-order valence-electron chi connectivity index (χ0n) is 30.2. The number of rotatable bonds is 6. The SMILES string of the molecule is c1ccc(-c2cccc(-c3cc(-c4nc(-c5ccccc5)nc(-c5ccccc5)n4)c4c(c3)oc3c(-n5c6ccccc6c6ccccc65)cccc34)c2)cc1. The maximum Gasteiger partial charge on any atom is 0.164 e. The number of hydrogen-bond acceptors (Lipinski definition) is 4. The van der Waals surface area contributed by atoms with Crippen molar-refractivity contribution in [3.8, 4) is 62.1 Å². The number of furan rings is 1. The zero-order valence-corrected chi connectivity index (χ0v) is 30.2. The Morgan fingerprint density at radius 3 is 1.46 bits per heavy atom. The zero-order chi connectivity index (χ0) is 37.0. The molecule has 0 saturated heterocycles. The molecule has 0 aliphatic rings. The van der Waals surface area contributed by atoms with Gasteiger partial charge in [-0.2, -0.15) is 0 Å². The molecule has 0 aliphatic carbocycles. The molecule has 0 unspecified atom stereocenters. The summed E-state index contributed by atoms with van der Waals surface area (Å²) in [5.41, 5.74) is 11.9. The Bertz CT molecular complexity index is 3130. The normalized spacial score (nSPS) is 11.6. The summed E-state index contributed by atoms with van der Waals surface area (Å²) in [5.74, 6) is 1.80. The largest absolute Gasteiger partial charge is 0.454 e. The lowest BCUT2D eigenvalue weighted by atomic mass is 9.95. The molecule has 0 fully saturated rings. The van der Waals surface area contributed by atoms with Crippen LogP contribution in [0.3, 0.4) is 0 Å². The monoisotopic (exact) mass is 716 g/mol. The van der Waals surface area contributed by atoms with Gasteiger partial charge in [0.15, 0.2) is 23.1 Å². The van der Waals surface area contributed by atoms with Crippen molar-refractivity contribution in [2.24, 2.45) is 0 Å². The van der Waals surface area contributed by atoms with Crippen LogP contribution in [0, 0.1) is 0 Å². The van der Waals surface area contributed by atoms with Crippen LogP contribution in [0.1, 0.15) is 0 Å². The topological polar surface area (TPSA) is 56.7 Å². The minimum atomic E-state index is 0.578. The van der Waals surface area contributed by atoms with E-state index in [0.29, 0.717) is 17.5 Å². The molecule has 56 heavy (non-hydrogen) atoms. The number of para-hydroxylation sites is 3. The average molecular weight is 717 g/mol. The van der Waals surface area contributed by atoms with Crippen molar-refractivity contribution < 1.29 is 4.42 Å². The van der Waals surface area contributed by atoms with E-state index in [9.17, 15) is 0 Å². The molecular weight excluding hydrogens is 685 g/mol. The maximum atomic E-state index is 7.08. The Balaban J connectivity index is 1.22. The van der Waals surface area contributed by atoms with Crippen LogP contribution >= 0.6 is 0 Å². The van der Waals surface area contributed by atoms with Gasteiger partial charge >= 0.3 is 0 Å². The maximum absolute atomic E-state index is 7.08. The molecule has 5 heteroatoms. The highest BCUT2D eigenvalue weighted by Gasteiger charge is 2.23. The van der Waals surface area contributed by atoms with Crippen molar-refractivity contribution >= 4 is 43.7 Å². The number of hydrogen-bond donors (Lipinski definition) is 0. The van der Waals surface area contributed by atoms with Crippen molar-refractivity contribution in [2.45, 2.75) is 0 Å². The Hall–Kier alpha value is -7.63. The van der Waals surface area contributed by atoms with Crippen molar-refractivity contribution in [3.05, 3.63) is 194 Å². The molecule has 0 saturated carbocycles. The van der Waals surface area contributed by atoms with Gasteiger partial charge in [0.2, 0.25) is 0 Å². The molecule has 11 rings (SSSR count). The highest BCUT2D eigenvalue weighted by Crippen LogP contribution is 2.43. The van der Waals surface area contributed by atoms with Gasteiger partial charge in [-0.1, -0.05) is 158 Å². The first kappa shape index (κ1) is 31.9. The quantitative estimate of drug-likeness (QED) is 0.172. The van der Waals surface area contributed by atoms with E-state index in [1.807, 2.05) is 66.7 Å². The molecule has 0 aliphatic heterocycles. The van der Waals surface area contributed by atoms with Crippen molar-refractivity contribution in [1.82, 2.24) is 19.5 Å². The fraction of sp³-hybridized carbons (Fsp3) is 0. The minimum absolute atomic E-state index is 0.578. The Morgan fingerprint density at radius 2 is 0.839 bits per heavy atom. The number of nitrogens with zero attached hydrogens (tertiary/aromatic N) is 4. The molecule has 8 aromatic carbocycles. The second kappa shape index (κ2) is 13.0. The predicted octanol–water partition coefficient (Wildman–Crippen LogP) is 13.2. The molecule has 3 heterocycles. The summed E-state index contributed by atoms with van der Waals surface area (Å²) in [6.07, 6.45) is 0. The molecule has 262 valence electrons. The van der Waals surface area contributed by atoms with Gasteiger partial charge in [0, 0.05) is 38.2 Å². The van der Waals surface area contributed by atoms with Crippen LogP contribution in [0.4, 0.5) is 0 Å². The van der Waals surface area contributed by atoms with Crippen LogP contribution in [0.5, 0.6) is 0 Å². The molecule has 0 bridgehead atoms. The fourth-order valence-electron chi connectivity index (χ4n) is 8.05. The lowest BCUT2D eigenvalue weighted by Crippen LogP contribution is -2.00.